The number of pyridine rings is 1. The minimum Gasteiger partial charge on any atom is -0.319 e. The molecule has 0 saturated carbocycles. The number of anilines is 1. The van der Waals surface area contributed by atoms with Gasteiger partial charge in [-0.3, -0.25) is 9.78 Å². The summed E-state index contributed by atoms with van der Waals surface area (Å²) >= 11 is 10.2. The molecule has 2 aromatic rings. The van der Waals surface area contributed by atoms with Gasteiger partial charge in [0.05, 0.1) is 10.7 Å². The van der Waals surface area contributed by atoms with Crippen molar-refractivity contribution in [1.29, 1.82) is 0 Å². The van der Waals surface area contributed by atoms with Gasteiger partial charge >= 0.3 is 0 Å². The summed E-state index contributed by atoms with van der Waals surface area (Å²) in [5.74, 6) is -0.300. The Morgan fingerprint density at radius 2 is 2.06 bits per heavy atom. The fourth-order valence-electron chi connectivity index (χ4n) is 1.30. The number of nitrogens with zero attached hydrogens (tertiary/aromatic N) is 1. The van der Waals surface area contributed by atoms with Crippen LogP contribution in [0.3, 0.4) is 0 Å². The predicted octanol–water partition coefficient (Wildman–Crippen LogP) is 3.28. The molecule has 0 aliphatic rings. The molecule has 5 heteroatoms. The number of rotatable bonds is 2. The van der Waals surface area contributed by atoms with Crippen molar-refractivity contribution in [1.82, 2.24) is 4.98 Å². The van der Waals surface area contributed by atoms with E-state index in [0.717, 1.165) is 0 Å². The molecular formula is C12H9ClN2OS. The molecule has 86 valence electrons. The van der Waals surface area contributed by atoms with Crippen molar-refractivity contribution in [3.63, 3.8) is 0 Å². The molecule has 2 rings (SSSR count). The van der Waals surface area contributed by atoms with Crippen molar-refractivity contribution in [2.75, 3.05) is 5.32 Å². The smallest absolute Gasteiger partial charge is 0.274 e. The molecule has 1 amide bonds. The predicted molar refractivity (Wildman–Crippen MR) is 70.9 cm³/mol. The largest absolute Gasteiger partial charge is 0.319 e. The molecule has 0 saturated heterocycles. The van der Waals surface area contributed by atoms with Gasteiger partial charge in [0.1, 0.15) is 5.69 Å². The molecule has 0 spiro atoms. The van der Waals surface area contributed by atoms with Crippen LogP contribution in [0.2, 0.25) is 5.02 Å². The Bertz CT molecular complexity index is 545. The van der Waals surface area contributed by atoms with Crippen molar-refractivity contribution in [3.8, 4) is 0 Å². The highest BCUT2D eigenvalue weighted by Gasteiger charge is 2.10. The number of amides is 1. The van der Waals surface area contributed by atoms with Gasteiger partial charge in [0.25, 0.3) is 5.91 Å². The van der Waals surface area contributed by atoms with Crippen LogP contribution >= 0.6 is 24.2 Å². The number of benzene rings is 1. The number of halogens is 1. The van der Waals surface area contributed by atoms with E-state index in [-0.39, 0.29) is 5.91 Å². The van der Waals surface area contributed by atoms with Crippen molar-refractivity contribution in [2.24, 2.45) is 0 Å². The fraction of sp³-hybridized carbons (Fsp3) is 0. The molecule has 0 aliphatic heterocycles. The van der Waals surface area contributed by atoms with E-state index in [1.54, 1.807) is 42.6 Å². The Kier molecular flexibility index (Phi) is 3.66. The summed E-state index contributed by atoms with van der Waals surface area (Å²) in [5, 5.41) is 3.10. The first-order valence-corrected chi connectivity index (χ1v) is 5.71. The quantitative estimate of drug-likeness (QED) is 0.818. The van der Waals surface area contributed by atoms with E-state index in [9.17, 15) is 4.79 Å². The number of aromatic nitrogens is 1. The highest BCUT2D eigenvalue weighted by molar-refractivity contribution is 7.80. The highest BCUT2D eigenvalue weighted by atomic mass is 35.5. The summed E-state index contributed by atoms with van der Waals surface area (Å²) in [7, 11) is 0. The number of nitrogens with one attached hydrogen (secondary N) is 1. The van der Waals surface area contributed by atoms with Gasteiger partial charge in [0.2, 0.25) is 0 Å². The SMILES string of the molecule is O=C(Nc1cccc(S)c1Cl)c1ccccn1. The molecule has 3 nitrogen and oxygen atoms in total. The first kappa shape index (κ1) is 12.0. The van der Waals surface area contributed by atoms with Gasteiger partial charge in [0.15, 0.2) is 0 Å². The number of hydrogen-bond donors (Lipinski definition) is 2. The number of thiol groups is 1. The van der Waals surface area contributed by atoms with Crippen LogP contribution in [-0.4, -0.2) is 10.9 Å². The van der Waals surface area contributed by atoms with E-state index >= 15 is 0 Å². The minimum atomic E-state index is -0.300. The van der Waals surface area contributed by atoms with Crippen LogP contribution in [0.15, 0.2) is 47.5 Å². The molecule has 0 radical (unpaired) electrons. The van der Waals surface area contributed by atoms with Crippen LogP contribution in [0.4, 0.5) is 5.69 Å². The molecule has 17 heavy (non-hydrogen) atoms. The van der Waals surface area contributed by atoms with E-state index in [4.69, 9.17) is 11.6 Å². The maximum Gasteiger partial charge on any atom is 0.274 e. The lowest BCUT2D eigenvalue weighted by Crippen LogP contribution is -2.13. The second-order valence-corrected chi connectivity index (χ2v) is 4.17. The standard InChI is InChI=1S/C12H9ClN2OS/c13-11-8(5-3-6-10(11)17)15-12(16)9-4-1-2-7-14-9/h1-7,17H,(H,15,16). The summed E-state index contributed by atoms with van der Waals surface area (Å²) in [6.45, 7) is 0. The average Bonchev–Trinajstić information content (AvgIpc) is 2.36. The molecule has 0 atom stereocenters. The molecule has 1 N–H and O–H groups in total. The third kappa shape index (κ3) is 2.78. The lowest BCUT2D eigenvalue weighted by atomic mass is 10.3. The number of carbonyl (C=O) groups is 1. The van der Waals surface area contributed by atoms with Crippen molar-refractivity contribution >= 4 is 35.8 Å². The normalized spacial score (nSPS) is 10.0. The number of hydrogen-bond acceptors (Lipinski definition) is 3. The zero-order valence-corrected chi connectivity index (χ0v) is 10.4. The first-order chi connectivity index (χ1) is 8.18. The molecule has 0 unspecified atom stereocenters. The molecule has 0 bridgehead atoms. The summed E-state index contributed by atoms with van der Waals surface area (Å²) in [6, 6.07) is 10.4. The number of carbonyl (C=O) groups excluding carboxylic acids is 1. The van der Waals surface area contributed by atoms with Crippen molar-refractivity contribution < 1.29 is 4.79 Å². The highest BCUT2D eigenvalue weighted by Crippen LogP contribution is 2.28. The monoisotopic (exact) mass is 264 g/mol. The fourth-order valence-corrected chi connectivity index (χ4v) is 1.68. The van der Waals surface area contributed by atoms with Crippen LogP contribution in [0, 0.1) is 0 Å². The topological polar surface area (TPSA) is 42.0 Å². The molecule has 1 aromatic carbocycles. The summed E-state index contributed by atoms with van der Waals surface area (Å²) in [6.07, 6.45) is 1.56. The van der Waals surface area contributed by atoms with E-state index < -0.39 is 0 Å². The van der Waals surface area contributed by atoms with E-state index in [0.29, 0.717) is 21.3 Å². The summed E-state index contributed by atoms with van der Waals surface area (Å²) in [5.41, 5.74) is 0.864. The van der Waals surface area contributed by atoms with E-state index in [1.165, 1.54) is 0 Å². The van der Waals surface area contributed by atoms with Gasteiger partial charge in [-0.1, -0.05) is 23.7 Å². The van der Waals surface area contributed by atoms with Crippen LogP contribution < -0.4 is 5.32 Å². The molecule has 0 fully saturated rings. The minimum absolute atomic E-state index is 0.300. The second-order valence-electron chi connectivity index (χ2n) is 3.31. The Balaban J connectivity index is 2.22. The zero-order valence-electron chi connectivity index (χ0n) is 8.72. The molecular weight excluding hydrogens is 256 g/mol. The Morgan fingerprint density at radius 3 is 2.76 bits per heavy atom. The lowest BCUT2D eigenvalue weighted by Gasteiger charge is -2.07. The van der Waals surface area contributed by atoms with Gasteiger partial charge in [0, 0.05) is 11.1 Å². The van der Waals surface area contributed by atoms with Gasteiger partial charge < -0.3 is 5.32 Å². The van der Waals surface area contributed by atoms with Gasteiger partial charge in [-0.15, -0.1) is 12.6 Å². The van der Waals surface area contributed by atoms with Crippen molar-refractivity contribution in [2.45, 2.75) is 4.90 Å². The van der Waals surface area contributed by atoms with Crippen LogP contribution in [-0.2, 0) is 0 Å². The van der Waals surface area contributed by atoms with Crippen molar-refractivity contribution in [3.05, 3.63) is 53.3 Å². The summed E-state index contributed by atoms with van der Waals surface area (Å²) in [4.78, 5) is 16.4. The maximum absolute atomic E-state index is 11.8. The lowest BCUT2D eigenvalue weighted by molar-refractivity contribution is 0.102. The van der Waals surface area contributed by atoms with Crippen LogP contribution in [0.1, 0.15) is 10.5 Å². The Hall–Kier alpha value is -1.52. The Morgan fingerprint density at radius 1 is 1.24 bits per heavy atom. The third-order valence-corrected chi connectivity index (χ3v) is 3.04. The molecule has 1 heterocycles. The molecule has 0 aliphatic carbocycles. The second kappa shape index (κ2) is 5.21. The van der Waals surface area contributed by atoms with Gasteiger partial charge in [-0.2, -0.15) is 0 Å². The Labute approximate surface area is 109 Å². The summed E-state index contributed by atoms with van der Waals surface area (Å²) < 4.78 is 0. The zero-order chi connectivity index (χ0) is 12.3. The maximum atomic E-state index is 11.8. The molecule has 1 aromatic heterocycles. The average molecular weight is 265 g/mol. The third-order valence-electron chi connectivity index (χ3n) is 2.12. The first-order valence-electron chi connectivity index (χ1n) is 4.88. The van der Waals surface area contributed by atoms with Gasteiger partial charge in [-0.05, 0) is 24.3 Å². The van der Waals surface area contributed by atoms with Crippen LogP contribution in [0.25, 0.3) is 0 Å². The van der Waals surface area contributed by atoms with Crippen LogP contribution in [0.5, 0.6) is 0 Å². The van der Waals surface area contributed by atoms with E-state index in [1.807, 2.05) is 0 Å². The van der Waals surface area contributed by atoms with E-state index in [2.05, 4.69) is 22.9 Å². The van der Waals surface area contributed by atoms with Gasteiger partial charge in [-0.25, -0.2) is 0 Å².